The van der Waals surface area contributed by atoms with Gasteiger partial charge in [0.25, 0.3) is 0 Å². The van der Waals surface area contributed by atoms with Crippen LogP contribution in [0.1, 0.15) is 45.1 Å². The molecule has 0 bridgehead atoms. The molecule has 1 aliphatic heterocycles. The summed E-state index contributed by atoms with van der Waals surface area (Å²) in [6.45, 7) is 6.70. The van der Waals surface area contributed by atoms with Crippen LogP contribution in [-0.2, 0) is 10.3 Å². The SMILES string of the molecule is CCN(CC(=O)NC1(c2ccc3c(c2)OCCO3)CCCC1)CC(C)C#N. The van der Waals surface area contributed by atoms with Crippen molar-refractivity contribution in [1.29, 1.82) is 5.26 Å². The molecule has 1 amide bonds. The van der Waals surface area contributed by atoms with Gasteiger partial charge in [-0.1, -0.05) is 25.8 Å². The van der Waals surface area contributed by atoms with Crippen molar-refractivity contribution < 1.29 is 14.3 Å². The molecular formula is C21H29N3O3. The van der Waals surface area contributed by atoms with Crippen LogP contribution in [0, 0.1) is 17.2 Å². The molecule has 1 aliphatic carbocycles. The van der Waals surface area contributed by atoms with E-state index in [4.69, 9.17) is 14.7 Å². The van der Waals surface area contributed by atoms with Crippen LogP contribution >= 0.6 is 0 Å². The molecule has 2 aliphatic rings. The normalized spacial score (nSPS) is 18.7. The number of carbonyl (C=O) groups excluding carboxylic acids is 1. The largest absolute Gasteiger partial charge is 0.486 e. The highest BCUT2D eigenvalue weighted by Gasteiger charge is 2.38. The fraction of sp³-hybridized carbons (Fsp3) is 0.619. The first-order chi connectivity index (χ1) is 13.1. The number of hydrogen-bond acceptors (Lipinski definition) is 5. The van der Waals surface area contributed by atoms with Crippen molar-refractivity contribution >= 4 is 5.91 Å². The summed E-state index contributed by atoms with van der Waals surface area (Å²) in [5.74, 6) is 1.46. The monoisotopic (exact) mass is 371 g/mol. The molecule has 1 atom stereocenters. The van der Waals surface area contributed by atoms with Crippen molar-refractivity contribution in [2.75, 3.05) is 32.8 Å². The zero-order valence-corrected chi connectivity index (χ0v) is 16.3. The van der Waals surface area contributed by atoms with Crippen LogP contribution < -0.4 is 14.8 Å². The Balaban J connectivity index is 1.73. The molecule has 1 fully saturated rings. The van der Waals surface area contributed by atoms with Crippen LogP contribution in [0.15, 0.2) is 18.2 Å². The second-order valence-electron chi connectivity index (χ2n) is 7.55. The first-order valence-electron chi connectivity index (χ1n) is 9.89. The zero-order chi connectivity index (χ0) is 19.3. The summed E-state index contributed by atoms with van der Waals surface area (Å²) in [5, 5.41) is 12.3. The van der Waals surface area contributed by atoms with E-state index in [-0.39, 0.29) is 17.4 Å². The van der Waals surface area contributed by atoms with Gasteiger partial charge in [0.15, 0.2) is 11.5 Å². The lowest BCUT2D eigenvalue weighted by molar-refractivity contribution is -0.124. The van der Waals surface area contributed by atoms with Gasteiger partial charge in [0, 0.05) is 6.54 Å². The van der Waals surface area contributed by atoms with Gasteiger partial charge in [-0.15, -0.1) is 0 Å². The predicted octanol–water partition coefficient (Wildman–Crippen LogP) is 2.82. The average Bonchev–Trinajstić information content (AvgIpc) is 3.16. The minimum Gasteiger partial charge on any atom is -0.486 e. The number of nitrogens with zero attached hydrogens (tertiary/aromatic N) is 2. The molecule has 27 heavy (non-hydrogen) atoms. The summed E-state index contributed by atoms with van der Waals surface area (Å²) in [7, 11) is 0. The van der Waals surface area contributed by atoms with E-state index in [0.717, 1.165) is 49.3 Å². The number of carbonyl (C=O) groups is 1. The topological polar surface area (TPSA) is 74.6 Å². The van der Waals surface area contributed by atoms with Crippen molar-refractivity contribution in [3.63, 3.8) is 0 Å². The highest BCUT2D eigenvalue weighted by Crippen LogP contribution is 2.42. The van der Waals surface area contributed by atoms with E-state index in [1.54, 1.807) is 0 Å². The Hall–Kier alpha value is -2.26. The molecule has 1 aromatic carbocycles. The first-order valence-corrected chi connectivity index (χ1v) is 9.89. The number of ether oxygens (including phenoxy) is 2. The van der Waals surface area contributed by atoms with Crippen LogP contribution in [0.5, 0.6) is 11.5 Å². The summed E-state index contributed by atoms with van der Waals surface area (Å²) in [6.07, 6.45) is 4.05. The van der Waals surface area contributed by atoms with E-state index in [0.29, 0.717) is 26.3 Å². The van der Waals surface area contributed by atoms with Gasteiger partial charge in [0.2, 0.25) is 5.91 Å². The Kier molecular flexibility index (Phi) is 6.22. The molecule has 1 unspecified atom stereocenters. The number of nitrogens with one attached hydrogen (secondary N) is 1. The average molecular weight is 371 g/mol. The van der Waals surface area contributed by atoms with Crippen LogP contribution in [0.25, 0.3) is 0 Å². The van der Waals surface area contributed by atoms with E-state index in [9.17, 15) is 4.79 Å². The van der Waals surface area contributed by atoms with Crippen molar-refractivity contribution in [2.24, 2.45) is 5.92 Å². The summed E-state index contributed by atoms with van der Waals surface area (Å²) >= 11 is 0. The van der Waals surface area contributed by atoms with E-state index in [1.165, 1.54) is 0 Å². The van der Waals surface area contributed by atoms with Crippen LogP contribution in [0.3, 0.4) is 0 Å². The Bertz CT molecular complexity index is 707. The number of benzene rings is 1. The molecule has 0 spiro atoms. The molecule has 1 N–H and O–H groups in total. The molecule has 1 aromatic rings. The van der Waals surface area contributed by atoms with Gasteiger partial charge >= 0.3 is 0 Å². The second-order valence-corrected chi connectivity index (χ2v) is 7.55. The van der Waals surface area contributed by atoms with Gasteiger partial charge in [-0.3, -0.25) is 9.69 Å². The van der Waals surface area contributed by atoms with Gasteiger partial charge in [-0.2, -0.15) is 5.26 Å². The van der Waals surface area contributed by atoms with E-state index in [1.807, 2.05) is 30.9 Å². The molecule has 1 saturated carbocycles. The summed E-state index contributed by atoms with van der Waals surface area (Å²) in [5.41, 5.74) is 0.749. The Labute approximate surface area is 161 Å². The molecule has 0 saturated heterocycles. The third-order valence-corrected chi connectivity index (χ3v) is 5.50. The van der Waals surface area contributed by atoms with E-state index < -0.39 is 0 Å². The number of likely N-dealkylation sites (N-methyl/N-ethyl adjacent to an activating group) is 1. The summed E-state index contributed by atoms with van der Waals surface area (Å²) in [6, 6.07) is 8.26. The lowest BCUT2D eigenvalue weighted by Crippen LogP contribution is -2.48. The van der Waals surface area contributed by atoms with Crippen LogP contribution in [0.2, 0.25) is 0 Å². The summed E-state index contributed by atoms with van der Waals surface area (Å²) < 4.78 is 11.4. The minimum absolute atomic E-state index is 0.0128. The van der Waals surface area contributed by atoms with Gasteiger partial charge in [-0.05, 0) is 44.0 Å². The van der Waals surface area contributed by atoms with Gasteiger partial charge < -0.3 is 14.8 Å². The number of fused-ring (bicyclic) bond motifs is 1. The molecule has 0 aromatic heterocycles. The quantitative estimate of drug-likeness (QED) is 0.798. The molecule has 6 heteroatoms. The third-order valence-electron chi connectivity index (χ3n) is 5.50. The molecule has 0 radical (unpaired) electrons. The summed E-state index contributed by atoms with van der Waals surface area (Å²) in [4.78, 5) is 14.8. The Morgan fingerprint density at radius 2 is 2.00 bits per heavy atom. The fourth-order valence-corrected chi connectivity index (χ4v) is 4.05. The maximum atomic E-state index is 12.8. The third kappa shape index (κ3) is 4.54. The molecular weight excluding hydrogens is 342 g/mol. The van der Waals surface area contributed by atoms with Gasteiger partial charge in [0.05, 0.1) is 24.1 Å². The lowest BCUT2D eigenvalue weighted by atomic mass is 9.87. The Morgan fingerprint density at radius 3 is 2.67 bits per heavy atom. The van der Waals surface area contributed by atoms with E-state index >= 15 is 0 Å². The predicted molar refractivity (Wildman–Crippen MR) is 103 cm³/mol. The Morgan fingerprint density at radius 1 is 1.30 bits per heavy atom. The molecule has 1 heterocycles. The number of hydrogen-bond donors (Lipinski definition) is 1. The van der Waals surface area contributed by atoms with Crippen molar-refractivity contribution in [3.05, 3.63) is 23.8 Å². The van der Waals surface area contributed by atoms with Crippen LogP contribution in [-0.4, -0.2) is 43.7 Å². The van der Waals surface area contributed by atoms with Gasteiger partial charge in [0.1, 0.15) is 13.2 Å². The van der Waals surface area contributed by atoms with E-state index in [2.05, 4.69) is 17.5 Å². The first kappa shape index (κ1) is 19.5. The number of nitriles is 1. The zero-order valence-electron chi connectivity index (χ0n) is 16.3. The molecule has 6 nitrogen and oxygen atoms in total. The number of rotatable bonds is 7. The number of amides is 1. The minimum atomic E-state index is -0.340. The lowest BCUT2D eigenvalue weighted by Gasteiger charge is -2.33. The highest BCUT2D eigenvalue weighted by atomic mass is 16.6. The van der Waals surface area contributed by atoms with Crippen molar-refractivity contribution in [2.45, 2.75) is 45.1 Å². The van der Waals surface area contributed by atoms with Crippen molar-refractivity contribution in [3.8, 4) is 17.6 Å². The standard InChI is InChI=1S/C21H29N3O3/c1-3-24(14-16(2)13-22)15-20(25)23-21(8-4-5-9-21)17-6-7-18-19(12-17)27-11-10-26-18/h6-7,12,16H,3-5,8-11,14-15H2,1-2H3,(H,23,25). The molecule has 146 valence electrons. The maximum absolute atomic E-state index is 12.8. The molecule has 3 rings (SSSR count). The maximum Gasteiger partial charge on any atom is 0.234 e. The van der Waals surface area contributed by atoms with Crippen molar-refractivity contribution in [1.82, 2.24) is 10.2 Å². The van der Waals surface area contributed by atoms with Crippen LogP contribution in [0.4, 0.5) is 0 Å². The highest BCUT2D eigenvalue weighted by molar-refractivity contribution is 5.79. The smallest absolute Gasteiger partial charge is 0.234 e. The second kappa shape index (κ2) is 8.62. The fourth-order valence-electron chi connectivity index (χ4n) is 4.05. The van der Waals surface area contributed by atoms with Gasteiger partial charge in [-0.25, -0.2) is 0 Å².